The number of hydrogen-bond acceptors (Lipinski definition) is 6. The van der Waals surface area contributed by atoms with E-state index in [0.29, 0.717) is 10.7 Å². The zero-order valence-corrected chi connectivity index (χ0v) is 15.9. The van der Waals surface area contributed by atoms with Crippen LogP contribution in [0.15, 0.2) is 41.8 Å². The normalized spacial score (nSPS) is 11.2. The van der Waals surface area contributed by atoms with Crippen LogP contribution in [0.5, 0.6) is 0 Å². The van der Waals surface area contributed by atoms with Gasteiger partial charge in [-0.2, -0.15) is 0 Å². The van der Waals surface area contributed by atoms with Crippen molar-refractivity contribution in [1.82, 2.24) is 5.32 Å². The Morgan fingerprint density at radius 2 is 1.82 bits per heavy atom. The van der Waals surface area contributed by atoms with E-state index in [4.69, 9.17) is 10.5 Å². The zero-order chi connectivity index (χ0) is 20.5. The van der Waals surface area contributed by atoms with Gasteiger partial charge < -0.3 is 26.4 Å². The molecule has 0 saturated carbocycles. The molecule has 0 aliphatic carbocycles. The highest BCUT2D eigenvalue weighted by molar-refractivity contribution is 7.14. The van der Waals surface area contributed by atoms with Crippen molar-refractivity contribution in [3.05, 3.63) is 47.3 Å². The van der Waals surface area contributed by atoms with Gasteiger partial charge in [-0.1, -0.05) is 18.2 Å². The number of urea groups is 1. The number of para-hydroxylation sites is 1. The van der Waals surface area contributed by atoms with Crippen LogP contribution in [0.2, 0.25) is 0 Å². The van der Waals surface area contributed by atoms with Crippen LogP contribution in [0.3, 0.4) is 0 Å². The number of nitrogens with one attached hydrogen (secondary N) is 3. The highest BCUT2D eigenvalue weighted by Crippen LogP contribution is 2.22. The molecule has 1 unspecified atom stereocenters. The van der Waals surface area contributed by atoms with E-state index in [1.54, 1.807) is 29.6 Å². The van der Waals surface area contributed by atoms with Gasteiger partial charge in [-0.25, -0.2) is 4.79 Å². The lowest BCUT2D eigenvalue weighted by Crippen LogP contribution is -2.33. The summed E-state index contributed by atoms with van der Waals surface area (Å²) in [6.45, 7) is 1.45. The van der Waals surface area contributed by atoms with Crippen LogP contribution < -0.4 is 21.7 Å². The molecule has 0 bridgehead atoms. The molecule has 0 radical (unpaired) electrons. The van der Waals surface area contributed by atoms with Crippen molar-refractivity contribution in [1.29, 1.82) is 0 Å². The number of primary amides is 1. The van der Waals surface area contributed by atoms with Crippen LogP contribution >= 0.6 is 11.3 Å². The van der Waals surface area contributed by atoms with Gasteiger partial charge in [0.25, 0.3) is 11.8 Å². The van der Waals surface area contributed by atoms with Gasteiger partial charge in [-0.3, -0.25) is 14.4 Å². The molecule has 1 aromatic carbocycles. The number of rotatable bonds is 8. The lowest BCUT2D eigenvalue weighted by atomic mass is 10.3. The summed E-state index contributed by atoms with van der Waals surface area (Å²) in [5.41, 5.74) is 6.02. The number of benzene rings is 1. The Morgan fingerprint density at radius 1 is 1.11 bits per heavy atom. The van der Waals surface area contributed by atoms with Gasteiger partial charge in [0.1, 0.15) is 5.00 Å². The molecule has 4 amide bonds. The first-order chi connectivity index (χ1) is 13.4. The van der Waals surface area contributed by atoms with Crippen molar-refractivity contribution in [2.24, 2.45) is 5.73 Å². The summed E-state index contributed by atoms with van der Waals surface area (Å²) in [7, 11) is 0. The lowest BCUT2D eigenvalue weighted by Gasteiger charge is -2.13. The predicted octanol–water partition coefficient (Wildman–Crippen LogP) is 1.93. The Balaban J connectivity index is 1.71. The highest BCUT2D eigenvalue weighted by Gasteiger charge is 2.20. The molecule has 2 aromatic rings. The number of carbonyl (C=O) groups is 4. The molecule has 148 valence electrons. The van der Waals surface area contributed by atoms with E-state index >= 15 is 0 Å². The molecule has 0 aliphatic rings. The SMILES string of the molecule is CC(OC(=O)CCNC(=O)Nc1ccccc1)C(=O)Nc1sccc1C(N)=O. The number of anilines is 2. The number of hydrogen-bond donors (Lipinski definition) is 4. The van der Waals surface area contributed by atoms with Crippen LogP contribution in [0.4, 0.5) is 15.5 Å². The summed E-state index contributed by atoms with van der Waals surface area (Å²) in [4.78, 5) is 46.9. The number of ether oxygens (including phenoxy) is 1. The fraction of sp³-hybridized carbons (Fsp3) is 0.222. The Labute approximate surface area is 165 Å². The largest absolute Gasteiger partial charge is 0.452 e. The quantitative estimate of drug-likeness (QED) is 0.498. The first kappa shape index (κ1) is 20.9. The van der Waals surface area contributed by atoms with Crippen LogP contribution in [0.1, 0.15) is 23.7 Å². The lowest BCUT2D eigenvalue weighted by molar-refractivity contribution is -0.153. The molecule has 9 nitrogen and oxygen atoms in total. The second-order valence-electron chi connectivity index (χ2n) is 5.65. The number of thiophene rings is 1. The Kier molecular flexibility index (Phi) is 7.52. The van der Waals surface area contributed by atoms with Crippen molar-refractivity contribution in [2.75, 3.05) is 17.2 Å². The van der Waals surface area contributed by atoms with Crippen molar-refractivity contribution < 1.29 is 23.9 Å². The Hall–Kier alpha value is -3.40. The molecule has 28 heavy (non-hydrogen) atoms. The Morgan fingerprint density at radius 3 is 2.50 bits per heavy atom. The summed E-state index contributed by atoms with van der Waals surface area (Å²) in [6, 6.07) is 9.87. The van der Waals surface area contributed by atoms with Gasteiger partial charge in [-0.05, 0) is 30.5 Å². The molecule has 0 fully saturated rings. The topological polar surface area (TPSA) is 140 Å². The van der Waals surface area contributed by atoms with Gasteiger partial charge in [-0.15, -0.1) is 11.3 Å². The van der Waals surface area contributed by atoms with E-state index in [0.717, 1.165) is 11.3 Å². The van der Waals surface area contributed by atoms with Crippen molar-refractivity contribution >= 4 is 45.8 Å². The van der Waals surface area contributed by atoms with Crippen molar-refractivity contribution in [3.63, 3.8) is 0 Å². The van der Waals surface area contributed by atoms with Crippen molar-refractivity contribution in [2.45, 2.75) is 19.4 Å². The molecule has 0 aliphatic heterocycles. The molecule has 1 heterocycles. The first-order valence-corrected chi connectivity index (χ1v) is 9.22. The Bertz CT molecular complexity index is 853. The maximum Gasteiger partial charge on any atom is 0.319 e. The molecular weight excluding hydrogens is 384 g/mol. The average molecular weight is 404 g/mol. The molecule has 10 heteroatoms. The van der Waals surface area contributed by atoms with Crippen LogP contribution in [0, 0.1) is 0 Å². The van der Waals surface area contributed by atoms with Crippen LogP contribution in [-0.4, -0.2) is 36.5 Å². The first-order valence-electron chi connectivity index (χ1n) is 8.34. The third-order valence-corrected chi connectivity index (χ3v) is 4.32. The molecule has 5 N–H and O–H groups in total. The molecule has 2 rings (SSSR count). The van der Waals surface area contributed by atoms with Gasteiger partial charge in [0, 0.05) is 12.2 Å². The van der Waals surface area contributed by atoms with E-state index in [1.165, 1.54) is 13.0 Å². The van der Waals surface area contributed by atoms with E-state index in [-0.39, 0.29) is 18.5 Å². The molecular formula is C18H20N4O5S. The van der Waals surface area contributed by atoms with Gasteiger partial charge in [0.15, 0.2) is 6.10 Å². The van der Waals surface area contributed by atoms with E-state index in [2.05, 4.69) is 16.0 Å². The van der Waals surface area contributed by atoms with Gasteiger partial charge in [0.05, 0.1) is 12.0 Å². The summed E-state index contributed by atoms with van der Waals surface area (Å²) in [5.74, 6) is -1.90. The number of nitrogens with two attached hydrogens (primary N) is 1. The highest BCUT2D eigenvalue weighted by atomic mass is 32.1. The van der Waals surface area contributed by atoms with E-state index in [1.807, 2.05) is 6.07 Å². The zero-order valence-electron chi connectivity index (χ0n) is 15.1. The average Bonchev–Trinajstić information content (AvgIpc) is 3.10. The maximum atomic E-state index is 12.1. The molecule has 1 aromatic heterocycles. The monoisotopic (exact) mass is 404 g/mol. The maximum absolute atomic E-state index is 12.1. The number of carbonyl (C=O) groups excluding carboxylic acids is 4. The van der Waals surface area contributed by atoms with Crippen LogP contribution in [-0.2, 0) is 14.3 Å². The standard InChI is InChI=1S/C18H20N4O5S/c1-11(16(25)22-17-13(15(19)24)8-10-28-17)27-14(23)7-9-20-18(26)21-12-5-3-2-4-6-12/h2-6,8,10-11H,7,9H2,1H3,(H2,19,24)(H,22,25)(H2,20,21,26). The second kappa shape index (κ2) is 10.1. The minimum absolute atomic E-state index is 0.0442. The van der Waals surface area contributed by atoms with E-state index in [9.17, 15) is 19.2 Å². The van der Waals surface area contributed by atoms with Crippen molar-refractivity contribution in [3.8, 4) is 0 Å². The fourth-order valence-electron chi connectivity index (χ4n) is 2.10. The van der Waals surface area contributed by atoms with Gasteiger partial charge in [0.2, 0.25) is 0 Å². The smallest absolute Gasteiger partial charge is 0.319 e. The molecule has 0 spiro atoms. The number of amides is 4. The minimum Gasteiger partial charge on any atom is -0.452 e. The molecule has 1 atom stereocenters. The third-order valence-electron chi connectivity index (χ3n) is 3.49. The number of esters is 1. The van der Waals surface area contributed by atoms with Gasteiger partial charge >= 0.3 is 12.0 Å². The third kappa shape index (κ3) is 6.40. The summed E-state index contributed by atoms with van der Waals surface area (Å²) >= 11 is 1.13. The van der Waals surface area contributed by atoms with Crippen LogP contribution in [0.25, 0.3) is 0 Å². The predicted molar refractivity (Wildman–Crippen MR) is 105 cm³/mol. The second-order valence-corrected chi connectivity index (χ2v) is 6.56. The summed E-state index contributed by atoms with van der Waals surface area (Å²) in [6.07, 6.45) is -1.18. The summed E-state index contributed by atoms with van der Waals surface area (Å²) in [5, 5.41) is 9.53. The summed E-state index contributed by atoms with van der Waals surface area (Å²) < 4.78 is 5.03. The fourth-order valence-corrected chi connectivity index (χ4v) is 2.89. The van der Waals surface area contributed by atoms with E-state index < -0.39 is 29.9 Å². The molecule has 0 saturated heterocycles. The minimum atomic E-state index is -1.08.